The lowest BCUT2D eigenvalue weighted by Crippen LogP contribution is -2.34. The molecule has 0 aliphatic carbocycles. The van der Waals surface area contributed by atoms with E-state index in [4.69, 9.17) is 0 Å². The highest BCUT2D eigenvalue weighted by molar-refractivity contribution is 5.78. The summed E-state index contributed by atoms with van der Waals surface area (Å²) in [6.07, 6.45) is 5.29. The van der Waals surface area contributed by atoms with Crippen LogP contribution in [0.4, 0.5) is 4.39 Å². The molecule has 0 fully saturated rings. The van der Waals surface area contributed by atoms with Crippen LogP contribution in [0.25, 0.3) is 0 Å². The zero-order valence-corrected chi connectivity index (χ0v) is 13.6. The van der Waals surface area contributed by atoms with Gasteiger partial charge in [0.2, 0.25) is 5.91 Å². The topological polar surface area (TPSA) is 38.1 Å². The van der Waals surface area contributed by atoms with E-state index in [1.165, 1.54) is 12.1 Å². The average Bonchev–Trinajstić information content (AvgIpc) is 2.95. The van der Waals surface area contributed by atoms with Crippen LogP contribution >= 0.6 is 0 Å². The number of nitrogens with zero attached hydrogens (tertiary/aromatic N) is 3. The van der Waals surface area contributed by atoms with Crippen molar-refractivity contribution in [3.63, 3.8) is 0 Å². The smallest absolute Gasteiger partial charge is 0.225 e. The van der Waals surface area contributed by atoms with Gasteiger partial charge in [-0.1, -0.05) is 32.1 Å². The van der Waals surface area contributed by atoms with Gasteiger partial charge in [0, 0.05) is 31.4 Å². The summed E-state index contributed by atoms with van der Waals surface area (Å²) in [6.45, 7) is 8.98. The Bertz CT molecular complexity index is 661. The van der Waals surface area contributed by atoms with Crippen molar-refractivity contribution in [1.29, 1.82) is 0 Å². The molecule has 23 heavy (non-hydrogen) atoms. The number of carbonyl (C=O) groups is 1. The van der Waals surface area contributed by atoms with E-state index in [2.05, 4.69) is 11.6 Å². The van der Waals surface area contributed by atoms with Gasteiger partial charge in [-0.25, -0.2) is 9.37 Å². The second-order valence-electron chi connectivity index (χ2n) is 5.76. The predicted molar refractivity (Wildman–Crippen MR) is 88.2 cm³/mol. The Morgan fingerprint density at radius 1 is 1.39 bits per heavy atom. The van der Waals surface area contributed by atoms with Crippen molar-refractivity contribution in [3.8, 4) is 0 Å². The van der Waals surface area contributed by atoms with Crippen molar-refractivity contribution in [3.05, 3.63) is 66.5 Å². The Hall–Kier alpha value is -2.43. The predicted octanol–water partition coefficient (Wildman–Crippen LogP) is 3.24. The van der Waals surface area contributed by atoms with E-state index >= 15 is 0 Å². The van der Waals surface area contributed by atoms with Gasteiger partial charge in [-0.05, 0) is 17.7 Å². The summed E-state index contributed by atoms with van der Waals surface area (Å²) in [5.74, 6) is 0.543. The molecule has 5 heteroatoms. The minimum absolute atomic E-state index is 0.0706. The van der Waals surface area contributed by atoms with Crippen molar-refractivity contribution in [2.45, 2.75) is 26.9 Å². The molecular weight excluding hydrogens is 293 g/mol. The number of benzene rings is 1. The standard InChI is InChI=1S/C18H22FN3O/c1-4-10-22(18(23)14(2)3)13-17-20-9-11-21(17)12-15-5-7-16(19)8-6-15/h4-9,11,14H,1,10,12-13H2,2-3H3. The number of carbonyl (C=O) groups excluding carboxylic acids is 1. The van der Waals surface area contributed by atoms with E-state index in [1.807, 2.05) is 24.6 Å². The molecule has 0 atom stereocenters. The minimum atomic E-state index is -0.251. The molecule has 0 aliphatic heterocycles. The number of amides is 1. The van der Waals surface area contributed by atoms with E-state index in [0.717, 1.165) is 11.4 Å². The Morgan fingerprint density at radius 3 is 2.70 bits per heavy atom. The van der Waals surface area contributed by atoms with Crippen LogP contribution in [0.3, 0.4) is 0 Å². The van der Waals surface area contributed by atoms with Crippen LogP contribution in [0.1, 0.15) is 25.2 Å². The van der Waals surface area contributed by atoms with Gasteiger partial charge in [0.15, 0.2) is 0 Å². The normalized spacial score (nSPS) is 10.8. The van der Waals surface area contributed by atoms with Crippen LogP contribution in [-0.4, -0.2) is 26.9 Å². The monoisotopic (exact) mass is 315 g/mol. The maximum atomic E-state index is 13.0. The fourth-order valence-corrected chi connectivity index (χ4v) is 2.35. The number of hydrogen-bond donors (Lipinski definition) is 0. The zero-order chi connectivity index (χ0) is 16.8. The zero-order valence-electron chi connectivity index (χ0n) is 13.6. The number of aromatic nitrogens is 2. The lowest BCUT2D eigenvalue weighted by molar-refractivity contribution is -0.134. The first kappa shape index (κ1) is 16.9. The molecule has 0 bridgehead atoms. The highest BCUT2D eigenvalue weighted by Gasteiger charge is 2.18. The maximum Gasteiger partial charge on any atom is 0.225 e. The Kier molecular flexibility index (Phi) is 5.68. The Labute approximate surface area is 136 Å². The summed E-state index contributed by atoms with van der Waals surface area (Å²) in [5.41, 5.74) is 0.983. The summed E-state index contributed by atoms with van der Waals surface area (Å²) >= 11 is 0. The van der Waals surface area contributed by atoms with Gasteiger partial charge in [-0.15, -0.1) is 6.58 Å². The summed E-state index contributed by atoms with van der Waals surface area (Å²) < 4.78 is 15.0. The van der Waals surface area contributed by atoms with Gasteiger partial charge in [0.25, 0.3) is 0 Å². The van der Waals surface area contributed by atoms with E-state index in [-0.39, 0.29) is 17.6 Å². The molecule has 2 rings (SSSR count). The largest absolute Gasteiger partial charge is 0.331 e. The third-order valence-corrected chi connectivity index (χ3v) is 3.56. The first-order valence-electron chi connectivity index (χ1n) is 7.65. The summed E-state index contributed by atoms with van der Waals surface area (Å²) in [4.78, 5) is 18.4. The van der Waals surface area contributed by atoms with E-state index in [0.29, 0.717) is 19.6 Å². The second-order valence-corrected chi connectivity index (χ2v) is 5.76. The van der Waals surface area contributed by atoms with Gasteiger partial charge < -0.3 is 9.47 Å². The molecule has 0 unspecified atom stereocenters. The summed E-state index contributed by atoms with van der Waals surface area (Å²) in [7, 11) is 0. The number of imidazole rings is 1. The van der Waals surface area contributed by atoms with Crippen LogP contribution in [0.5, 0.6) is 0 Å². The third-order valence-electron chi connectivity index (χ3n) is 3.56. The molecule has 0 radical (unpaired) electrons. The fourth-order valence-electron chi connectivity index (χ4n) is 2.35. The molecule has 1 heterocycles. The van der Waals surface area contributed by atoms with Crippen molar-refractivity contribution in [2.24, 2.45) is 5.92 Å². The third kappa shape index (κ3) is 4.52. The molecule has 1 amide bonds. The van der Waals surface area contributed by atoms with Crippen molar-refractivity contribution in [1.82, 2.24) is 14.5 Å². The van der Waals surface area contributed by atoms with Gasteiger partial charge in [-0.2, -0.15) is 0 Å². The van der Waals surface area contributed by atoms with Crippen LogP contribution in [0.2, 0.25) is 0 Å². The Balaban J connectivity index is 2.14. The number of rotatable bonds is 7. The lowest BCUT2D eigenvalue weighted by Gasteiger charge is -2.23. The molecule has 1 aromatic carbocycles. The van der Waals surface area contributed by atoms with Gasteiger partial charge >= 0.3 is 0 Å². The van der Waals surface area contributed by atoms with E-state index in [9.17, 15) is 9.18 Å². The fraction of sp³-hybridized carbons (Fsp3) is 0.333. The highest BCUT2D eigenvalue weighted by atomic mass is 19.1. The molecule has 4 nitrogen and oxygen atoms in total. The van der Waals surface area contributed by atoms with E-state index in [1.54, 1.807) is 29.3 Å². The summed E-state index contributed by atoms with van der Waals surface area (Å²) in [6, 6.07) is 6.39. The Morgan fingerprint density at radius 2 is 2.09 bits per heavy atom. The molecule has 0 saturated heterocycles. The number of halogens is 1. The SMILES string of the molecule is C=CCN(Cc1nccn1Cc1ccc(F)cc1)C(=O)C(C)C. The molecule has 0 N–H and O–H groups in total. The van der Waals surface area contributed by atoms with Crippen molar-refractivity contribution in [2.75, 3.05) is 6.54 Å². The molecule has 2 aromatic rings. The lowest BCUT2D eigenvalue weighted by atomic mass is 10.2. The quantitative estimate of drug-likeness (QED) is 0.736. The molecule has 122 valence electrons. The first-order valence-corrected chi connectivity index (χ1v) is 7.65. The highest BCUT2D eigenvalue weighted by Crippen LogP contribution is 2.11. The van der Waals surface area contributed by atoms with Crippen LogP contribution in [0.15, 0.2) is 49.3 Å². The maximum absolute atomic E-state index is 13.0. The average molecular weight is 315 g/mol. The summed E-state index contributed by atoms with van der Waals surface area (Å²) in [5, 5.41) is 0. The van der Waals surface area contributed by atoms with Crippen molar-refractivity contribution >= 4 is 5.91 Å². The molecule has 0 aliphatic rings. The second kappa shape index (κ2) is 7.72. The van der Waals surface area contributed by atoms with Gasteiger partial charge in [-0.3, -0.25) is 4.79 Å². The van der Waals surface area contributed by atoms with E-state index < -0.39 is 0 Å². The minimum Gasteiger partial charge on any atom is -0.331 e. The van der Waals surface area contributed by atoms with Crippen molar-refractivity contribution < 1.29 is 9.18 Å². The first-order chi connectivity index (χ1) is 11.0. The molecular formula is C18H22FN3O. The number of hydrogen-bond acceptors (Lipinski definition) is 2. The van der Waals surface area contributed by atoms with Gasteiger partial charge in [0.1, 0.15) is 11.6 Å². The van der Waals surface area contributed by atoms with Crippen LogP contribution in [0, 0.1) is 11.7 Å². The molecule has 0 saturated carbocycles. The molecule has 0 spiro atoms. The van der Waals surface area contributed by atoms with Crippen LogP contribution in [-0.2, 0) is 17.9 Å². The van der Waals surface area contributed by atoms with Crippen LogP contribution < -0.4 is 0 Å². The van der Waals surface area contributed by atoms with Gasteiger partial charge in [0.05, 0.1) is 6.54 Å². The molecule has 1 aromatic heterocycles.